The summed E-state index contributed by atoms with van der Waals surface area (Å²) in [5.74, 6) is 0. The summed E-state index contributed by atoms with van der Waals surface area (Å²) in [6.07, 6.45) is 2.83. The average molecular weight is 300 g/mol. The summed E-state index contributed by atoms with van der Waals surface area (Å²) in [7, 11) is 0. The van der Waals surface area contributed by atoms with E-state index in [1.807, 2.05) is 28.9 Å². The molecule has 0 saturated heterocycles. The summed E-state index contributed by atoms with van der Waals surface area (Å²) in [4.78, 5) is 0. The quantitative estimate of drug-likeness (QED) is 0.561. The van der Waals surface area contributed by atoms with Crippen LogP contribution >= 0.6 is 22.9 Å². The number of pyridine rings is 1. The lowest BCUT2D eigenvalue weighted by atomic mass is 9.70. The molecule has 1 aromatic heterocycles. The molecule has 20 heavy (non-hydrogen) atoms. The maximum absolute atomic E-state index is 6.72. The molecule has 3 aromatic rings. The Hall–Kier alpha value is -1.51. The van der Waals surface area contributed by atoms with Crippen molar-refractivity contribution in [1.82, 2.24) is 0 Å². The SMILES string of the molecule is Cl[B-]1(Cl)c2cc3ccccc3cc2Cc2cccc[n+]21. The van der Waals surface area contributed by atoms with Gasteiger partial charge >= 0.3 is 5.11 Å². The predicted octanol–water partition coefficient (Wildman–Crippen LogP) is 3.20. The lowest BCUT2D eigenvalue weighted by Gasteiger charge is -2.32. The predicted molar refractivity (Wildman–Crippen MR) is 85.9 cm³/mol. The first-order valence-corrected chi connectivity index (χ1v) is 7.57. The van der Waals surface area contributed by atoms with Gasteiger partial charge in [-0.05, 0) is 16.8 Å². The molecule has 0 unspecified atom stereocenters. The molecule has 0 fully saturated rings. The lowest BCUT2D eigenvalue weighted by Crippen LogP contribution is -2.69. The summed E-state index contributed by atoms with van der Waals surface area (Å²) in [5, 5.41) is 0.626. The highest BCUT2D eigenvalue weighted by Crippen LogP contribution is 2.25. The highest BCUT2D eigenvalue weighted by atomic mass is 35.5. The third-order valence-corrected chi connectivity index (χ3v) is 4.97. The zero-order chi connectivity index (χ0) is 13.7. The van der Waals surface area contributed by atoms with Gasteiger partial charge in [0.25, 0.3) is 0 Å². The standard InChI is InChI=1S/C16H12BCl2N/c18-17(19)16-11-13-6-2-1-5-12(13)9-14(16)10-15-7-3-4-8-20(15)17/h1-9,11H,10H2. The molecule has 0 saturated carbocycles. The van der Waals surface area contributed by atoms with Gasteiger partial charge in [-0.1, -0.05) is 53.5 Å². The smallest absolute Gasteiger partial charge is 0.392 e. The molecule has 0 aliphatic carbocycles. The molecule has 1 nitrogen and oxygen atoms in total. The largest absolute Gasteiger partial charge is 0.474 e. The van der Waals surface area contributed by atoms with E-state index < -0.39 is 5.11 Å². The number of nitrogens with zero attached hydrogens (tertiary/aromatic N) is 1. The third kappa shape index (κ3) is 1.68. The van der Waals surface area contributed by atoms with Gasteiger partial charge in [0, 0.05) is 12.5 Å². The van der Waals surface area contributed by atoms with E-state index >= 15 is 0 Å². The molecule has 2 heterocycles. The number of hydrogen-bond acceptors (Lipinski definition) is 0. The Kier molecular flexibility index (Phi) is 2.60. The monoisotopic (exact) mass is 299 g/mol. The van der Waals surface area contributed by atoms with Crippen LogP contribution in [0.25, 0.3) is 10.8 Å². The summed E-state index contributed by atoms with van der Waals surface area (Å²) < 4.78 is 2.00. The van der Waals surface area contributed by atoms with Crippen molar-refractivity contribution >= 4 is 44.3 Å². The maximum atomic E-state index is 6.72. The summed E-state index contributed by atoms with van der Waals surface area (Å²) in [5.41, 5.74) is 3.41. The highest BCUT2D eigenvalue weighted by molar-refractivity contribution is 7.47. The zero-order valence-electron chi connectivity index (χ0n) is 10.8. The molecule has 0 bridgehead atoms. The second kappa shape index (κ2) is 4.24. The van der Waals surface area contributed by atoms with Gasteiger partial charge in [0.05, 0.1) is 0 Å². The van der Waals surface area contributed by atoms with Crippen molar-refractivity contribution in [2.45, 2.75) is 6.42 Å². The molecule has 0 radical (unpaired) electrons. The first kappa shape index (κ1) is 12.3. The van der Waals surface area contributed by atoms with Crippen LogP contribution in [0, 0.1) is 0 Å². The van der Waals surface area contributed by atoms with Crippen LogP contribution in [0.2, 0.25) is 0 Å². The Morgan fingerprint density at radius 2 is 1.60 bits per heavy atom. The van der Waals surface area contributed by atoms with Gasteiger partial charge in [0.1, 0.15) is 11.9 Å². The number of fused-ring (bicyclic) bond motifs is 3. The Labute approximate surface area is 127 Å². The third-order valence-electron chi connectivity index (χ3n) is 4.08. The fourth-order valence-corrected chi connectivity index (χ4v) is 3.87. The van der Waals surface area contributed by atoms with Gasteiger partial charge in [-0.2, -0.15) is 0 Å². The second-order valence-electron chi connectivity index (χ2n) is 5.30. The van der Waals surface area contributed by atoms with Gasteiger partial charge in [-0.25, -0.2) is 0 Å². The Balaban J connectivity index is 2.04. The van der Waals surface area contributed by atoms with Crippen molar-refractivity contribution < 1.29 is 4.48 Å². The van der Waals surface area contributed by atoms with Crippen molar-refractivity contribution in [3.05, 3.63) is 72.1 Å². The number of aromatic nitrogens is 1. The van der Waals surface area contributed by atoms with Gasteiger partial charge < -0.3 is 4.48 Å². The van der Waals surface area contributed by atoms with E-state index in [9.17, 15) is 0 Å². The molecule has 0 N–H and O–H groups in total. The number of halogens is 2. The summed E-state index contributed by atoms with van der Waals surface area (Å²) in [6.45, 7) is 0. The molecule has 1 aliphatic rings. The van der Waals surface area contributed by atoms with Crippen molar-refractivity contribution in [3.63, 3.8) is 0 Å². The molecule has 98 valence electrons. The molecule has 4 rings (SSSR count). The Morgan fingerprint density at radius 1 is 0.900 bits per heavy atom. The summed E-state index contributed by atoms with van der Waals surface area (Å²) >= 11 is 13.4. The molecule has 0 amide bonds. The van der Waals surface area contributed by atoms with Crippen LogP contribution in [0.4, 0.5) is 0 Å². The topological polar surface area (TPSA) is 3.88 Å². The number of benzene rings is 2. The number of hydrogen-bond donors (Lipinski definition) is 0. The van der Waals surface area contributed by atoms with Gasteiger partial charge in [0.2, 0.25) is 0 Å². The van der Waals surface area contributed by atoms with Crippen LogP contribution in [0.1, 0.15) is 11.3 Å². The summed E-state index contributed by atoms with van der Waals surface area (Å²) in [6, 6.07) is 18.7. The molecular formula is C16H12BCl2N. The second-order valence-corrected chi connectivity index (χ2v) is 6.79. The molecular weight excluding hydrogens is 288 g/mol. The maximum Gasteiger partial charge on any atom is 0.474 e. The van der Waals surface area contributed by atoms with Crippen molar-refractivity contribution in [2.24, 2.45) is 0 Å². The normalized spacial score (nSPS) is 15.7. The molecule has 0 atom stereocenters. The van der Waals surface area contributed by atoms with E-state index in [4.69, 9.17) is 22.9 Å². The fraction of sp³-hybridized carbons (Fsp3) is 0.0625. The van der Waals surface area contributed by atoms with Crippen LogP contribution in [0.3, 0.4) is 0 Å². The van der Waals surface area contributed by atoms with Crippen LogP contribution in [-0.4, -0.2) is 5.11 Å². The molecule has 0 spiro atoms. The van der Waals surface area contributed by atoms with E-state index in [1.54, 1.807) is 0 Å². The Morgan fingerprint density at radius 3 is 2.40 bits per heavy atom. The Bertz CT molecular complexity index is 830. The molecule has 1 aliphatic heterocycles. The van der Waals surface area contributed by atoms with Crippen molar-refractivity contribution in [3.8, 4) is 0 Å². The molecule has 4 heteroatoms. The van der Waals surface area contributed by atoms with E-state index in [0.29, 0.717) is 0 Å². The van der Waals surface area contributed by atoms with Crippen LogP contribution < -0.4 is 9.94 Å². The fourth-order valence-electron chi connectivity index (χ4n) is 3.08. The first-order valence-electron chi connectivity index (χ1n) is 6.69. The van der Waals surface area contributed by atoms with E-state index in [0.717, 1.165) is 17.6 Å². The number of rotatable bonds is 0. The van der Waals surface area contributed by atoms with Gasteiger partial charge in [0.15, 0.2) is 0 Å². The minimum atomic E-state index is -1.79. The van der Waals surface area contributed by atoms with Crippen molar-refractivity contribution in [2.75, 3.05) is 0 Å². The van der Waals surface area contributed by atoms with Crippen LogP contribution in [0.5, 0.6) is 0 Å². The van der Waals surface area contributed by atoms with E-state index in [1.165, 1.54) is 16.3 Å². The van der Waals surface area contributed by atoms with Crippen molar-refractivity contribution in [1.29, 1.82) is 0 Å². The highest BCUT2D eigenvalue weighted by Gasteiger charge is 2.40. The minimum absolute atomic E-state index is 0.865. The first-order chi connectivity index (χ1) is 9.66. The van der Waals surface area contributed by atoms with Gasteiger partial charge in [-0.3, -0.25) is 22.9 Å². The zero-order valence-corrected chi connectivity index (χ0v) is 12.3. The van der Waals surface area contributed by atoms with Gasteiger partial charge in [-0.15, -0.1) is 0 Å². The van der Waals surface area contributed by atoms with E-state index in [-0.39, 0.29) is 0 Å². The minimum Gasteiger partial charge on any atom is -0.392 e. The van der Waals surface area contributed by atoms with Crippen LogP contribution in [0.15, 0.2) is 60.8 Å². The van der Waals surface area contributed by atoms with E-state index in [2.05, 4.69) is 36.4 Å². The average Bonchev–Trinajstić information content (AvgIpc) is 2.46. The molecule has 2 aromatic carbocycles. The lowest BCUT2D eigenvalue weighted by molar-refractivity contribution is -0.545. The van der Waals surface area contributed by atoms with Crippen LogP contribution in [-0.2, 0) is 6.42 Å².